The molecule has 0 amide bonds. The number of carbonyl (C=O) groups excluding carboxylic acids is 1. The van der Waals surface area contributed by atoms with Crippen molar-refractivity contribution >= 4 is 17.0 Å². The molecule has 0 N–H and O–H groups in total. The Morgan fingerprint density at radius 1 is 0.875 bits per heavy atom. The molecule has 0 unspecified atom stereocenters. The van der Waals surface area contributed by atoms with E-state index in [-0.39, 0.29) is 5.78 Å². The van der Waals surface area contributed by atoms with Gasteiger partial charge in [-0.2, -0.15) is 0 Å². The topological polar surface area (TPSA) is 34.0 Å². The maximum Gasteiger partial charge on any atom is 0.163 e. The summed E-state index contributed by atoms with van der Waals surface area (Å²) in [6.45, 7) is 3.53. The zero-order chi connectivity index (χ0) is 21.5. The number of anilines is 1. The molecule has 4 aromatic rings. The van der Waals surface area contributed by atoms with Crippen molar-refractivity contribution in [2.24, 2.45) is 0 Å². The van der Waals surface area contributed by atoms with Crippen LogP contribution in [0.5, 0.6) is 0 Å². The molecule has 2 aromatic heterocycles. The van der Waals surface area contributed by atoms with E-state index in [0.29, 0.717) is 6.42 Å². The number of morpholine rings is 1. The fraction of sp³-hybridized carbons (Fsp3) is 0.250. The lowest BCUT2D eigenvalue weighted by Gasteiger charge is -2.28. The lowest BCUT2D eigenvalue weighted by molar-refractivity contribution is 0.0994. The van der Waals surface area contributed by atoms with Crippen LogP contribution in [0.15, 0.2) is 72.9 Å². The van der Waals surface area contributed by atoms with Gasteiger partial charge in [0, 0.05) is 42.5 Å². The van der Waals surface area contributed by atoms with Crippen molar-refractivity contribution in [2.45, 2.75) is 19.3 Å². The van der Waals surface area contributed by atoms with Crippen molar-refractivity contribution in [3.05, 3.63) is 95.2 Å². The van der Waals surface area contributed by atoms with Gasteiger partial charge in [0.1, 0.15) is 0 Å². The van der Waals surface area contributed by atoms with Crippen LogP contribution in [0.2, 0.25) is 0 Å². The third kappa shape index (κ3) is 3.41. The summed E-state index contributed by atoms with van der Waals surface area (Å²) in [6, 6.07) is 24.0. The van der Waals surface area contributed by atoms with Crippen molar-refractivity contribution in [1.29, 1.82) is 0 Å². The number of ether oxygens (including phenoxy) is 1. The molecule has 160 valence electrons. The number of rotatable bonds is 4. The number of nitrogens with zero attached hydrogens (tertiary/aromatic N) is 2. The van der Waals surface area contributed by atoms with Gasteiger partial charge in [0.05, 0.1) is 18.9 Å². The molecular weight excluding hydrogens is 396 g/mol. The number of ketones is 1. The van der Waals surface area contributed by atoms with Crippen LogP contribution in [0.3, 0.4) is 0 Å². The highest BCUT2D eigenvalue weighted by molar-refractivity contribution is 6.00. The van der Waals surface area contributed by atoms with E-state index in [1.807, 2.05) is 6.07 Å². The van der Waals surface area contributed by atoms with Gasteiger partial charge in [0.25, 0.3) is 0 Å². The predicted octanol–water partition coefficient (Wildman–Crippen LogP) is 5.16. The van der Waals surface area contributed by atoms with Gasteiger partial charge in [-0.1, -0.05) is 30.3 Å². The second-order valence-corrected chi connectivity index (χ2v) is 8.74. The van der Waals surface area contributed by atoms with Gasteiger partial charge in [0.2, 0.25) is 0 Å². The van der Waals surface area contributed by atoms with Crippen molar-refractivity contribution in [3.8, 4) is 11.3 Å². The summed E-state index contributed by atoms with van der Waals surface area (Å²) in [4.78, 5) is 14.4. The zero-order valence-electron chi connectivity index (χ0n) is 18.1. The van der Waals surface area contributed by atoms with Gasteiger partial charge in [-0.05, 0) is 71.5 Å². The smallest absolute Gasteiger partial charge is 0.163 e. The van der Waals surface area contributed by atoms with E-state index in [1.165, 1.54) is 39.2 Å². The molecule has 1 aliphatic heterocycles. The number of aromatic nitrogens is 1. The second-order valence-electron chi connectivity index (χ2n) is 8.74. The van der Waals surface area contributed by atoms with Crippen molar-refractivity contribution in [2.75, 3.05) is 31.2 Å². The number of hydrogen-bond donors (Lipinski definition) is 0. The van der Waals surface area contributed by atoms with Crippen LogP contribution in [0, 0.1) is 0 Å². The van der Waals surface area contributed by atoms with E-state index >= 15 is 0 Å². The number of hydrogen-bond acceptors (Lipinski definition) is 3. The standard InChI is InChI=1S/C28H26N2O2/c31-28-12-7-21-19-23(5-10-25(21)28)27-11-6-22(26-2-1-13-30(26)27)18-20-3-8-24(9-4-20)29-14-16-32-17-15-29/h1-6,8-11,13,19H,7,12,14-18H2. The summed E-state index contributed by atoms with van der Waals surface area (Å²) < 4.78 is 7.74. The van der Waals surface area contributed by atoms with Crippen molar-refractivity contribution < 1.29 is 9.53 Å². The van der Waals surface area contributed by atoms with Crippen LogP contribution in [-0.4, -0.2) is 36.5 Å². The molecule has 4 nitrogen and oxygen atoms in total. The first-order valence-corrected chi connectivity index (χ1v) is 11.4. The Morgan fingerprint density at radius 3 is 2.56 bits per heavy atom. The molecule has 3 heterocycles. The molecule has 1 fully saturated rings. The van der Waals surface area contributed by atoms with Crippen molar-refractivity contribution in [1.82, 2.24) is 4.40 Å². The first-order valence-electron chi connectivity index (χ1n) is 11.4. The average molecular weight is 423 g/mol. The van der Waals surface area contributed by atoms with Crippen LogP contribution >= 0.6 is 0 Å². The molecule has 1 saturated heterocycles. The third-order valence-corrected chi connectivity index (χ3v) is 6.81. The van der Waals surface area contributed by atoms with E-state index in [2.05, 4.69) is 76.2 Å². The molecule has 0 atom stereocenters. The molecule has 2 aliphatic rings. The first-order chi connectivity index (χ1) is 15.8. The van der Waals surface area contributed by atoms with E-state index in [1.54, 1.807) is 0 Å². The van der Waals surface area contributed by atoms with Gasteiger partial charge < -0.3 is 14.0 Å². The van der Waals surface area contributed by atoms with E-state index in [4.69, 9.17) is 4.74 Å². The Kier molecular flexibility index (Phi) is 4.80. The fourth-order valence-corrected chi connectivity index (χ4v) is 5.06. The second kappa shape index (κ2) is 7.95. The molecule has 4 heteroatoms. The SMILES string of the molecule is O=C1CCc2cc(-c3ccc(Cc4ccc(N5CCOCC5)cc4)c4cccn34)ccc21. The maximum absolute atomic E-state index is 12.0. The molecule has 0 radical (unpaired) electrons. The Labute approximate surface area is 188 Å². The van der Waals surface area contributed by atoms with Crippen LogP contribution in [0.25, 0.3) is 16.8 Å². The van der Waals surface area contributed by atoms with Crippen molar-refractivity contribution in [3.63, 3.8) is 0 Å². The number of aryl methyl sites for hydroxylation is 1. The summed E-state index contributed by atoms with van der Waals surface area (Å²) in [6.07, 6.45) is 4.53. The van der Waals surface area contributed by atoms with E-state index in [0.717, 1.165) is 44.7 Å². The quantitative estimate of drug-likeness (QED) is 0.455. The summed E-state index contributed by atoms with van der Waals surface area (Å²) in [5.41, 5.74) is 9.54. The normalized spacial score (nSPS) is 16.0. The number of fused-ring (bicyclic) bond motifs is 2. The number of carbonyl (C=O) groups is 1. The minimum Gasteiger partial charge on any atom is -0.378 e. The molecule has 32 heavy (non-hydrogen) atoms. The molecule has 6 rings (SSSR count). The fourth-order valence-electron chi connectivity index (χ4n) is 5.06. The summed E-state index contributed by atoms with van der Waals surface area (Å²) in [5.74, 6) is 0.271. The van der Waals surface area contributed by atoms with Gasteiger partial charge in [0.15, 0.2) is 5.78 Å². The average Bonchev–Trinajstić information content (AvgIpc) is 3.48. The highest BCUT2D eigenvalue weighted by Crippen LogP contribution is 2.30. The Balaban J connectivity index is 1.29. The number of benzene rings is 2. The predicted molar refractivity (Wildman–Crippen MR) is 128 cm³/mol. The van der Waals surface area contributed by atoms with Gasteiger partial charge in [-0.25, -0.2) is 0 Å². The third-order valence-electron chi connectivity index (χ3n) is 6.81. The van der Waals surface area contributed by atoms with E-state index in [9.17, 15) is 4.79 Å². The Bertz CT molecular complexity index is 1300. The summed E-state index contributed by atoms with van der Waals surface area (Å²) in [7, 11) is 0. The lowest BCUT2D eigenvalue weighted by atomic mass is 10.0. The zero-order valence-corrected chi connectivity index (χ0v) is 18.1. The molecule has 0 spiro atoms. The maximum atomic E-state index is 12.0. The molecule has 0 saturated carbocycles. The summed E-state index contributed by atoms with van der Waals surface area (Å²) >= 11 is 0. The molecular formula is C28H26N2O2. The molecule has 2 aromatic carbocycles. The first kappa shape index (κ1) is 19.3. The highest BCUT2D eigenvalue weighted by atomic mass is 16.5. The highest BCUT2D eigenvalue weighted by Gasteiger charge is 2.20. The monoisotopic (exact) mass is 422 g/mol. The Hall–Kier alpha value is -3.37. The van der Waals surface area contributed by atoms with Crippen LogP contribution in [-0.2, 0) is 17.6 Å². The molecule has 1 aliphatic carbocycles. The van der Waals surface area contributed by atoms with Gasteiger partial charge >= 0.3 is 0 Å². The van der Waals surface area contributed by atoms with Crippen LogP contribution in [0.4, 0.5) is 5.69 Å². The number of Topliss-reactive ketones (excluding diaryl/α,β-unsaturated/α-hetero) is 1. The summed E-state index contributed by atoms with van der Waals surface area (Å²) in [5, 5.41) is 0. The van der Waals surface area contributed by atoms with Crippen LogP contribution < -0.4 is 4.90 Å². The minimum absolute atomic E-state index is 0.271. The Morgan fingerprint density at radius 2 is 1.72 bits per heavy atom. The lowest BCUT2D eigenvalue weighted by Crippen LogP contribution is -2.36. The van der Waals surface area contributed by atoms with Gasteiger partial charge in [-0.15, -0.1) is 0 Å². The van der Waals surface area contributed by atoms with Crippen LogP contribution in [0.1, 0.15) is 33.5 Å². The number of pyridine rings is 1. The molecule has 0 bridgehead atoms. The van der Waals surface area contributed by atoms with E-state index < -0.39 is 0 Å². The van der Waals surface area contributed by atoms with Gasteiger partial charge in [-0.3, -0.25) is 4.79 Å². The largest absolute Gasteiger partial charge is 0.378 e. The minimum atomic E-state index is 0.271.